The molecule has 5 heteroatoms. The van der Waals surface area contributed by atoms with Crippen molar-refractivity contribution < 1.29 is 14.3 Å². The van der Waals surface area contributed by atoms with Crippen molar-refractivity contribution in [2.45, 2.75) is 44.2 Å². The summed E-state index contributed by atoms with van der Waals surface area (Å²) < 4.78 is 6.49. The normalized spacial score (nSPS) is 30.4. The summed E-state index contributed by atoms with van der Waals surface area (Å²) in [6.07, 6.45) is 3.97. The SMILES string of the molecule is Cc1cccc(NC(=O)[C@@H]2C(=O)CN[C@@]34CCCC[C@@H]3[C@H]2c2ccccc2O4)c1. The minimum Gasteiger partial charge on any atom is -0.472 e. The number of aryl methyl sites for hydroxylation is 1. The Morgan fingerprint density at radius 3 is 2.90 bits per heavy atom. The van der Waals surface area contributed by atoms with Gasteiger partial charge in [-0.15, -0.1) is 0 Å². The molecule has 150 valence electrons. The lowest BCUT2D eigenvalue weighted by molar-refractivity contribution is -0.132. The van der Waals surface area contributed by atoms with Crippen LogP contribution in [-0.2, 0) is 9.59 Å². The summed E-state index contributed by atoms with van der Waals surface area (Å²) in [5.74, 6) is -0.276. The first-order valence-corrected chi connectivity index (χ1v) is 10.5. The number of ether oxygens (including phenoxy) is 1. The average molecular weight is 390 g/mol. The van der Waals surface area contributed by atoms with Crippen LogP contribution in [0, 0.1) is 18.8 Å². The summed E-state index contributed by atoms with van der Waals surface area (Å²) in [7, 11) is 0. The largest absolute Gasteiger partial charge is 0.472 e. The van der Waals surface area contributed by atoms with Crippen molar-refractivity contribution in [3.05, 3.63) is 59.7 Å². The summed E-state index contributed by atoms with van der Waals surface area (Å²) in [6.45, 7) is 2.15. The molecule has 0 spiro atoms. The molecule has 0 radical (unpaired) electrons. The highest BCUT2D eigenvalue weighted by atomic mass is 16.5. The lowest BCUT2D eigenvalue weighted by Crippen LogP contribution is -2.60. The van der Waals surface area contributed by atoms with E-state index in [4.69, 9.17) is 4.74 Å². The Labute approximate surface area is 170 Å². The molecule has 4 atom stereocenters. The molecule has 2 aromatic carbocycles. The number of carbonyl (C=O) groups is 2. The molecule has 2 aliphatic heterocycles. The molecule has 2 heterocycles. The predicted octanol–water partition coefficient (Wildman–Crippen LogP) is 3.78. The molecule has 1 saturated heterocycles. The number of fused-ring (bicyclic) bond motifs is 2. The van der Waals surface area contributed by atoms with Crippen LogP contribution < -0.4 is 15.4 Å². The number of anilines is 1. The van der Waals surface area contributed by atoms with Crippen molar-refractivity contribution in [2.24, 2.45) is 11.8 Å². The summed E-state index contributed by atoms with van der Waals surface area (Å²) in [6, 6.07) is 15.6. The van der Waals surface area contributed by atoms with Crippen LogP contribution in [0.1, 0.15) is 42.7 Å². The molecule has 2 fully saturated rings. The highest BCUT2D eigenvalue weighted by Gasteiger charge is 2.57. The number of carbonyl (C=O) groups excluding carboxylic acids is 2. The molecule has 1 amide bonds. The third-order valence-corrected chi connectivity index (χ3v) is 6.75. The molecule has 2 aromatic rings. The average Bonchev–Trinajstić information content (AvgIpc) is 2.80. The van der Waals surface area contributed by atoms with E-state index in [0.717, 1.165) is 48.2 Å². The second-order valence-corrected chi connectivity index (χ2v) is 8.56. The van der Waals surface area contributed by atoms with Gasteiger partial charge in [-0.25, -0.2) is 0 Å². The maximum absolute atomic E-state index is 13.4. The van der Waals surface area contributed by atoms with E-state index < -0.39 is 11.6 Å². The van der Waals surface area contributed by atoms with Crippen LogP contribution in [0.5, 0.6) is 5.75 Å². The summed E-state index contributed by atoms with van der Waals surface area (Å²) in [5, 5.41) is 6.43. The number of rotatable bonds is 2. The zero-order chi connectivity index (χ0) is 20.0. The molecule has 2 N–H and O–H groups in total. The first kappa shape index (κ1) is 18.4. The van der Waals surface area contributed by atoms with Gasteiger partial charge in [0.1, 0.15) is 11.7 Å². The molecule has 2 bridgehead atoms. The molecule has 1 aliphatic carbocycles. The van der Waals surface area contributed by atoms with Crippen LogP contribution in [0.4, 0.5) is 5.69 Å². The molecule has 0 aromatic heterocycles. The van der Waals surface area contributed by atoms with Crippen LogP contribution in [-0.4, -0.2) is 24.0 Å². The molecule has 1 saturated carbocycles. The number of hydrogen-bond acceptors (Lipinski definition) is 4. The molecule has 0 unspecified atom stereocenters. The summed E-state index contributed by atoms with van der Waals surface area (Å²) in [4.78, 5) is 26.6. The fourth-order valence-corrected chi connectivity index (χ4v) is 5.50. The van der Waals surface area contributed by atoms with E-state index in [1.54, 1.807) is 0 Å². The highest BCUT2D eigenvalue weighted by molar-refractivity contribution is 6.09. The van der Waals surface area contributed by atoms with Crippen LogP contribution in [0.2, 0.25) is 0 Å². The van der Waals surface area contributed by atoms with E-state index in [0.29, 0.717) is 0 Å². The second kappa shape index (κ2) is 6.99. The Balaban J connectivity index is 1.58. The van der Waals surface area contributed by atoms with Crippen molar-refractivity contribution in [3.8, 4) is 5.75 Å². The molecular formula is C24H26N2O3. The van der Waals surface area contributed by atoms with Gasteiger partial charge in [0.15, 0.2) is 11.5 Å². The number of para-hydroxylation sites is 1. The summed E-state index contributed by atoms with van der Waals surface area (Å²) >= 11 is 0. The lowest BCUT2D eigenvalue weighted by Gasteiger charge is -2.50. The molecule has 3 aliphatic rings. The Morgan fingerprint density at radius 2 is 2.03 bits per heavy atom. The second-order valence-electron chi connectivity index (χ2n) is 8.56. The predicted molar refractivity (Wildman–Crippen MR) is 111 cm³/mol. The van der Waals surface area contributed by atoms with Crippen molar-refractivity contribution in [1.82, 2.24) is 5.32 Å². The van der Waals surface area contributed by atoms with Gasteiger partial charge < -0.3 is 10.1 Å². The summed E-state index contributed by atoms with van der Waals surface area (Å²) in [5.41, 5.74) is 2.23. The number of benzene rings is 2. The lowest BCUT2D eigenvalue weighted by atomic mass is 9.65. The van der Waals surface area contributed by atoms with Gasteiger partial charge in [-0.1, -0.05) is 36.8 Å². The minimum absolute atomic E-state index is 0.0609. The van der Waals surface area contributed by atoms with Crippen molar-refractivity contribution in [2.75, 3.05) is 11.9 Å². The van der Waals surface area contributed by atoms with E-state index in [2.05, 4.69) is 10.6 Å². The third-order valence-electron chi connectivity index (χ3n) is 6.75. The maximum atomic E-state index is 13.4. The standard InChI is InChI=1S/C24H26N2O3/c1-15-7-6-8-16(13-15)26-23(28)22-19(27)14-25-24-12-5-4-10-18(24)21(22)17-9-2-3-11-20(17)29-24/h2-3,6-9,11,13,18,21-22,25H,4-5,10,12,14H2,1H3,(H,26,28)/t18-,21-,22-,24-/m1/s1. The van der Waals surface area contributed by atoms with Gasteiger partial charge in [0.2, 0.25) is 5.91 Å². The fourth-order valence-electron chi connectivity index (χ4n) is 5.50. The van der Waals surface area contributed by atoms with E-state index in [9.17, 15) is 9.59 Å². The first-order valence-electron chi connectivity index (χ1n) is 10.5. The molecule has 5 nitrogen and oxygen atoms in total. The van der Waals surface area contributed by atoms with E-state index in [-0.39, 0.29) is 30.1 Å². The number of Topliss-reactive ketones (excluding diaryl/α,β-unsaturated/α-hetero) is 1. The van der Waals surface area contributed by atoms with Gasteiger partial charge in [-0.2, -0.15) is 0 Å². The van der Waals surface area contributed by atoms with Crippen LogP contribution >= 0.6 is 0 Å². The number of nitrogens with one attached hydrogen (secondary N) is 2. The van der Waals surface area contributed by atoms with Crippen molar-refractivity contribution in [3.63, 3.8) is 0 Å². The number of hydrogen-bond donors (Lipinski definition) is 2. The maximum Gasteiger partial charge on any atom is 0.235 e. The molecular weight excluding hydrogens is 364 g/mol. The van der Waals surface area contributed by atoms with Gasteiger partial charge >= 0.3 is 0 Å². The molecule has 29 heavy (non-hydrogen) atoms. The van der Waals surface area contributed by atoms with Gasteiger partial charge in [0, 0.05) is 23.9 Å². The van der Waals surface area contributed by atoms with Gasteiger partial charge in [-0.05, 0) is 49.1 Å². The van der Waals surface area contributed by atoms with Crippen LogP contribution in [0.3, 0.4) is 0 Å². The quantitative estimate of drug-likeness (QED) is 0.766. The van der Waals surface area contributed by atoms with Crippen LogP contribution in [0.25, 0.3) is 0 Å². The van der Waals surface area contributed by atoms with E-state index in [1.165, 1.54) is 0 Å². The van der Waals surface area contributed by atoms with Gasteiger partial charge in [0.25, 0.3) is 0 Å². The number of amides is 1. The Hall–Kier alpha value is -2.66. The molecule has 5 rings (SSSR count). The Morgan fingerprint density at radius 1 is 1.17 bits per heavy atom. The van der Waals surface area contributed by atoms with Gasteiger partial charge in [0.05, 0.1) is 6.54 Å². The zero-order valence-electron chi connectivity index (χ0n) is 16.6. The van der Waals surface area contributed by atoms with Crippen molar-refractivity contribution >= 4 is 17.4 Å². The smallest absolute Gasteiger partial charge is 0.235 e. The van der Waals surface area contributed by atoms with Crippen molar-refractivity contribution in [1.29, 1.82) is 0 Å². The Bertz CT molecular complexity index is 972. The monoisotopic (exact) mass is 390 g/mol. The topological polar surface area (TPSA) is 67.4 Å². The van der Waals surface area contributed by atoms with E-state index >= 15 is 0 Å². The van der Waals surface area contributed by atoms with Crippen LogP contribution in [0.15, 0.2) is 48.5 Å². The highest BCUT2D eigenvalue weighted by Crippen LogP contribution is 2.54. The minimum atomic E-state index is -0.724. The Kier molecular flexibility index (Phi) is 4.43. The fraction of sp³-hybridized carbons (Fsp3) is 0.417. The number of ketones is 1. The van der Waals surface area contributed by atoms with Gasteiger partial charge in [-0.3, -0.25) is 14.9 Å². The third kappa shape index (κ3) is 3.04. The van der Waals surface area contributed by atoms with E-state index in [1.807, 2.05) is 55.5 Å². The first-order chi connectivity index (χ1) is 14.1. The zero-order valence-corrected chi connectivity index (χ0v) is 16.6.